The molecule has 1 N–H and O–H groups in total. The lowest BCUT2D eigenvalue weighted by atomic mass is 10.0. The Morgan fingerprint density at radius 1 is 0.957 bits per heavy atom. The van der Waals surface area contributed by atoms with Crippen LogP contribution in [0.5, 0.6) is 5.75 Å². The number of Topliss-reactive ketones (excluding diaryl/α,β-unsaturated/α-hetero) is 1. The minimum Gasteiger partial charge on any atom is -0.508 e. The molecule has 0 aliphatic carbocycles. The van der Waals surface area contributed by atoms with Gasteiger partial charge in [-0.1, -0.05) is 70.6 Å². The third kappa shape index (κ3) is 12.6. The van der Waals surface area contributed by atoms with Crippen LogP contribution in [0.2, 0.25) is 0 Å². The zero-order valence-electron chi connectivity index (χ0n) is 14.7. The molecule has 0 unspecified atom stereocenters. The van der Waals surface area contributed by atoms with E-state index < -0.39 is 0 Å². The van der Waals surface area contributed by atoms with Gasteiger partial charge >= 0.3 is 0 Å². The number of rotatable bonds is 11. The van der Waals surface area contributed by atoms with Crippen molar-refractivity contribution in [2.75, 3.05) is 0 Å². The van der Waals surface area contributed by atoms with Crippen LogP contribution in [0, 0.1) is 0 Å². The molecule has 0 aliphatic heterocycles. The third-order valence-electron chi connectivity index (χ3n) is 3.70. The second kappa shape index (κ2) is 15.3. The number of hydrogen-bond acceptors (Lipinski definition) is 3. The Morgan fingerprint density at radius 2 is 1.57 bits per heavy atom. The molecule has 0 atom stereocenters. The van der Waals surface area contributed by atoms with Gasteiger partial charge < -0.3 is 5.11 Å². The quantitative estimate of drug-likeness (QED) is 0.344. The molecule has 0 aromatic heterocycles. The molecular weight excluding hydrogens is 288 g/mol. The molecule has 0 saturated carbocycles. The van der Waals surface area contributed by atoms with Gasteiger partial charge in [0.2, 0.25) is 0 Å². The van der Waals surface area contributed by atoms with Crippen molar-refractivity contribution in [3.05, 3.63) is 29.8 Å². The van der Waals surface area contributed by atoms with Crippen LogP contribution in [0.15, 0.2) is 24.3 Å². The highest BCUT2D eigenvalue weighted by atomic mass is 16.3. The molecule has 3 nitrogen and oxygen atoms in total. The van der Waals surface area contributed by atoms with E-state index in [1.807, 2.05) is 25.1 Å². The number of unbranched alkanes of at least 4 members (excludes halogenated alkanes) is 6. The van der Waals surface area contributed by atoms with E-state index in [4.69, 9.17) is 0 Å². The van der Waals surface area contributed by atoms with Crippen LogP contribution in [0.3, 0.4) is 0 Å². The highest BCUT2D eigenvalue weighted by Gasteiger charge is 1.98. The highest BCUT2D eigenvalue weighted by molar-refractivity contribution is 6.24. The van der Waals surface area contributed by atoms with Crippen molar-refractivity contribution >= 4 is 12.1 Å². The number of carbonyl (C=O) groups excluding carboxylic acids is 2. The van der Waals surface area contributed by atoms with Crippen LogP contribution in [-0.2, 0) is 16.0 Å². The van der Waals surface area contributed by atoms with Crippen molar-refractivity contribution in [3.63, 3.8) is 0 Å². The Labute approximate surface area is 141 Å². The lowest BCUT2D eigenvalue weighted by Gasteiger charge is -2.03. The smallest absolute Gasteiger partial charge is 0.195 e. The maximum absolute atomic E-state index is 10.2. The largest absolute Gasteiger partial charge is 0.508 e. The van der Waals surface area contributed by atoms with Crippen LogP contribution in [-0.4, -0.2) is 17.2 Å². The summed E-state index contributed by atoms with van der Waals surface area (Å²) in [5, 5.41) is 9.55. The number of aryl methyl sites for hydroxylation is 1. The monoisotopic (exact) mass is 320 g/mol. The van der Waals surface area contributed by atoms with E-state index in [9.17, 15) is 14.7 Å². The summed E-state index contributed by atoms with van der Waals surface area (Å²) in [5.74, 6) is 0.165. The van der Waals surface area contributed by atoms with E-state index >= 15 is 0 Å². The van der Waals surface area contributed by atoms with Crippen molar-refractivity contribution in [1.29, 1.82) is 0 Å². The van der Waals surface area contributed by atoms with Crippen molar-refractivity contribution < 1.29 is 14.7 Å². The van der Waals surface area contributed by atoms with Crippen molar-refractivity contribution in [3.8, 4) is 5.75 Å². The van der Waals surface area contributed by atoms with Gasteiger partial charge in [0.05, 0.1) is 0 Å². The van der Waals surface area contributed by atoms with E-state index in [-0.39, 0.29) is 5.78 Å². The Hall–Kier alpha value is -1.64. The first kappa shape index (κ1) is 21.4. The molecule has 1 aromatic carbocycles. The SMILES string of the molecule is CCCCC(=O)C=O.CCCCCCCCc1ccccc1O. The molecule has 0 spiro atoms. The lowest BCUT2D eigenvalue weighted by molar-refractivity contribution is -0.129. The molecule has 3 heteroatoms. The van der Waals surface area contributed by atoms with Crippen molar-refractivity contribution in [2.24, 2.45) is 0 Å². The van der Waals surface area contributed by atoms with Crippen LogP contribution in [0.1, 0.15) is 77.2 Å². The molecule has 0 fully saturated rings. The van der Waals surface area contributed by atoms with Gasteiger partial charge in [0.15, 0.2) is 12.1 Å². The van der Waals surface area contributed by atoms with E-state index in [2.05, 4.69) is 6.92 Å². The predicted octanol–water partition coefficient (Wildman–Crippen LogP) is 5.24. The summed E-state index contributed by atoms with van der Waals surface area (Å²) in [6.45, 7) is 4.22. The van der Waals surface area contributed by atoms with E-state index in [1.54, 1.807) is 6.07 Å². The molecule has 0 aliphatic rings. The topological polar surface area (TPSA) is 54.4 Å². The first-order valence-corrected chi connectivity index (χ1v) is 8.90. The van der Waals surface area contributed by atoms with Gasteiger partial charge in [0.25, 0.3) is 0 Å². The van der Waals surface area contributed by atoms with Crippen LogP contribution in [0.4, 0.5) is 0 Å². The number of phenolic OH excluding ortho intramolecular Hbond substituents is 1. The summed E-state index contributed by atoms with van der Waals surface area (Å²) in [6, 6.07) is 7.65. The molecule has 130 valence electrons. The zero-order valence-corrected chi connectivity index (χ0v) is 14.7. The van der Waals surface area contributed by atoms with Gasteiger partial charge in [-0.25, -0.2) is 0 Å². The molecular formula is C20H32O3. The summed E-state index contributed by atoms with van der Waals surface area (Å²) in [7, 11) is 0. The lowest BCUT2D eigenvalue weighted by Crippen LogP contribution is -1.96. The minimum absolute atomic E-state index is 0.285. The second-order valence-corrected chi connectivity index (χ2v) is 5.83. The van der Waals surface area contributed by atoms with Crippen molar-refractivity contribution in [2.45, 2.75) is 78.1 Å². The fourth-order valence-corrected chi connectivity index (χ4v) is 2.23. The minimum atomic E-state index is -0.285. The van der Waals surface area contributed by atoms with E-state index in [1.165, 1.54) is 38.5 Å². The van der Waals surface area contributed by atoms with Crippen molar-refractivity contribution in [1.82, 2.24) is 0 Å². The summed E-state index contributed by atoms with van der Waals surface area (Å²) < 4.78 is 0. The highest BCUT2D eigenvalue weighted by Crippen LogP contribution is 2.18. The van der Waals surface area contributed by atoms with E-state index in [0.29, 0.717) is 18.5 Å². The maximum Gasteiger partial charge on any atom is 0.195 e. The number of phenols is 1. The molecule has 0 heterocycles. The summed E-state index contributed by atoms with van der Waals surface area (Å²) in [6.07, 6.45) is 11.5. The number of hydrogen-bond donors (Lipinski definition) is 1. The molecule has 0 amide bonds. The summed E-state index contributed by atoms with van der Waals surface area (Å²) >= 11 is 0. The van der Waals surface area contributed by atoms with Gasteiger partial charge in [-0.15, -0.1) is 0 Å². The van der Waals surface area contributed by atoms with Crippen LogP contribution >= 0.6 is 0 Å². The second-order valence-electron chi connectivity index (χ2n) is 5.83. The molecule has 1 rings (SSSR count). The first-order chi connectivity index (χ1) is 11.2. The normalized spacial score (nSPS) is 9.83. The molecule has 23 heavy (non-hydrogen) atoms. The fourth-order valence-electron chi connectivity index (χ4n) is 2.23. The Morgan fingerprint density at radius 3 is 2.17 bits per heavy atom. The number of aromatic hydroxyl groups is 1. The van der Waals surface area contributed by atoms with Gasteiger partial charge in [0.1, 0.15) is 5.75 Å². The maximum atomic E-state index is 10.2. The van der Waals surface area contributed by atoms with Crippen LogP contribution in [0.25, 0.3) is 0 Å². The standard InChI is InChI=1S/C14H22O.C6H10O2/c1-2-3-4-5-6-7-10-13-11-8-9-12-14(13)15;1-2-3-4-6(8)5-7/h8-9,11-12,15H,2-7,10H2,1H3;5H,2-4H2,1H3. The molecule has 1 aromatic rings. The predicted molar refractivity (Wildman–Crippen MR) is 95.8 cm³/mol. The fraction of sp³-hybridized carbons (Fsp3) is 0.600. The number of para-hydroxylation sites is 1. The number of benzene rings is 1. The average molecular weight is 320 g/mol. The number of carbonyl (C=O) groups is 2. The van der Waals surface area contributed by atoms with Gasteiger partial charge in [-0.05, 0) is 30.9 Å². The van der Waals surface area contributed by atoms with Gasteiger partial charge in [0, 0.05) is 6.42 Å². The van der Waals surface area contributed by atoms with E-state index in [0.717, 1.165) is 24.8 Å². The Balaban J connectivity index is 0.000000515. The third-order valence-corrected chi connectivity index (χ3v) is 3.70. The Kier molecular flexibility index (Phi) is 14.2. The molecule has 0 saturated heterocycles. The number of ketones is 1. The summed E-state index contributed by atoms with van der Waals surface area (Å²) in [4.78, 5) is 19.9. The molecule has 0 radical (unpaired) electrons. The summed E-state index contributed by atoms with van der Waals surface area (Å²) in [5.41, 5.74) is 1.09. The number of aldehydes is 1. The average Bonchev–Trinajstić information content (AvgIpc) is 2.58. The first-order valence-electron chi connectivity index (χ1n) is 8.90. The van der Waals surface area contributed by atoms with Gasteiger partial charge in [-0.2, -0.15) is 0 Å². The van der Waals surface area contributed by atoms with Crippen LogP contribution < -0.4 is 0 Å². The van der Waals surface area contributed by atoms with Gasteiger partial charge in [-0.3, -0.25) is 9.59 Å². The molecule has 0 bridgehead atoms. The Bertz CT molecular complexity index is 427. The zero-order chi connectivity index (χ0) is 17.3.